The van der Waals surface area contributed by atoms with Gasteiger partial charge in [0.1, 0.15) is 0 Å². The topological polar surface area (TPSA) is 34.4 Å². The van der Waals surface area contributed by atoms with E-state index < -0.39 is 0 Å². The molecular formula is C20H15NO2. The van der Waals surface area contributed by atoms with Crippen molar-refractivity contribution in [1.82, 2.24) is 0 Å². The summed E-state index contributed by atoms with van der Waals surface area (Å²) in [4.78, 5) is 0. The molecule has 3 nitrogen and oxygen atoms in total. The predicted molar refractivity (Wildman–Crippen MR) is 92.5 cm³/mol. The summed E-state index contributed by atoms with van der Waals surface area (Å²) in [6, 6.07) is 23.9. The molecule has 4 aromatic rings. The van der Waals surface area contributed by atoms with Crippen LogP contribution in [-0.4, -0.2) is 0 Å². The Morgan fingerprint density at radius 3 is 1.61 bits per heavy atom. The molecule has 0 saturated heterocycles. The predicted octanol–water partition coefficient (Wildman–Crippen LogP) is 5.97. The number of hydrogen-bond donors (Lipinski definition) is 1. The van der Waals surface area contributed by atoms with Gasteiger partial charge in [0, 0.05) is 10.8 Å². The Morgan fingerprint density at radius 2 is 1.04 bits per heavy atom. The van der Waals surface area contributed by atoms with Crippen LogP contribution in [0.25, 0.3) is 10.8 Å². The number of benzene rings is 3. The molecule has 1 aliphatic rings. The average molecular weight is 301 g/mol. The van der Waals surface area contributed by atoms with Gasteiger partial charge in [-0.3, -0.25) is 0 Å². The Kier molecular flexibility index (Phi) is 3.45. The Morgan fingerprint density at radius 1 is 0.565 bits per heavy atom. The first kappa shape index (κ1) is 13.5. The summed E-state index contributed by atoms with van der Waals surface area (Å²) in [5.41, 5.74) is 2.04. The lowest BCUT2D eigenvalue weighted by Crippen LogP contribution is -2.01. The minimum atomic E-state index is 0.881. The van der Waals surface area contributed by atoms with E-state index in [1.807, 2.05) is 72.8 Å². The molecule has 5 rings (SSSR count). The fourth-order valence-electron chi connectivity index (χ4n) is 2.49. The highest BCUT2D eigenvalue weighted by atomic mass is 16.5. The second-order valence-electron chi connectivity index (χ2n) is 5.22. The molecule has 1 aliphatic heterocycles. The summed E-state index contributed by atoms with van der Waals surface area (Å²) >= 11 is 0. The first-order chi connectivity index (χ1) is 11.4. The molecule has 0 fully saturated rings. The van der Waals surface area contributed by atoms with E-state index in [2.05, 4.69) is 5.32 Å². The molecule has 0 saturated carbocycles. The molecule has 0 amide bonds. The highest BCUT2D eigenvalue weighted by molar-refractivity contribution is 5.80. The molecule has 0 unspecified atom stereocenters. The number of nitrogens with one attached hydrogen (secondary N) is 1. The summed E-state index contributed by atoms with van der Waals surface area (Å²) in [7, 11) is 0. The van der Waals surface area contributed by atoms with Gasteiger partial charge in [0.2, 0.25) is 0 Å². The van der Waals surface area contributed by atoms with Crippen molar-refractivity contribution in [3.8, 4) is 11.5 Å². The van der Waals surface area contributed by atoms with Gasteiger partial charge in [-0.05, 0) is 24.3 Å². The van der Waals surface area contributed by atoms with Gasteiger partial charge in [-0.15, -0.1) is 0 Å². The molecule has 3 aromatic carbocycles. The van der Waals surface area contributed by atoms with Gasteiger partial charge in [-0.1, -0.05) is 48.5 Å². The van der Waals surface area contributed by atoms with Gasteiger partial charge in [0.15, 0.2) is 11.5 Å². The summed E-state index contributed by atoms with van der Waals surface area (Å²) in [5, 5.41) is 5.64. The molecule has 1 N–H and O–H groups in total. The van der Waals surface area contributed by atoms with Gasteiger partial charge in [-0.2, -0.15) is 0 Å². The van der Waals surface area contributed by atoms with Crippen molar-refractivity contribution in [3.63, 3.8) is 0 Å². The third-order valence-electron chi connectivity index (χ3n) is 3.65. The largest absolute Gasteiger partial charge is 0.471 e. The van der Waals surface area contributed by atoms with Crippen LogP contribution in [-0.2, 0) is 0 Å². The maximum absolute atomic E-state index is 5.71. The van der Waals surface area contributed by atoms with Crippen LogP contribution in [0.5, 0.6) is 11.5 Å². The standard InChI is InChI=1S/C12H9NO.C8H6O/c1-3-7-11-9(5-1)13-10-6-2-4-8-12(10)14-11;1-2-4-8-6-9-5-7(8)3-1/h1-8,13H;1-6H. The third-order valence-corrected chi connectivity index (χ3v) is 3.65. The number of rotatable bonds is 0. The van der Waals surface area contributed by atoms with Crippen LogP contribution < -0.4 is 10.1 Å². The molecule has 112 valence electrons. The van der Waals surface area contributed by atoms with Crippen LogP contribution in [0.4, 0.5) is 11.4 Å². The summed E-state index contributed by atoms with van der Waals surface area (Å²) in [6.45, 7) is 0. The van der Waals surface area contributed by atoms with Crippen molar-refractivity contribution < 1.29 is 9.15 Å². The molecular weight excluding hydrogens is 286 g/mol. The van der Waals surface area contributed by atoms with E-state index in [1.54, 1.807) is 12.5 Å². The Hall–Kier alpha value is -3.20. The van der Waals surface area contributed by atoms with Crippen LogP contribution >= 0.6 is 0 Å². The molecule has 0 aliphatic carbocycles. The lowest BCUT2D eigenvalue weighted by molar-refractivity contribution is 0.481. The molecule has 2 heterocycles. The molecule has 0 atom stereocenters. The van der Waals surface area contributed by atoms with Gasteiger partial charge in [0.25, 0.3) is 0 Å². The van der Waals surface area contributed by atoms with Crippen molar-refractivity contribution in [1.29, 1.82) is 0 Å². The molecule has 1 aromatic heterocycles. The van der Waals surface area contributed by atoms with E-state index in [1.165, 1.54) is 0 Å². The summed E-state index contributed by atoms with van der Waals surface area (Å²) < 4.78 is 10.7. The zero-order valence-corrected chi connectivity index (χ0v) is 12.4. The van der Waals surface area contributed by atoms with Crippen LogP contribution in [0.15, 0.2) is 89.7 Å². The van der Waals surface area contributed by atoms with E-state index in [0.29, 0.717) is 0 Å². The normalized spacial score (nSPS) is 11.3. The summed E-state index contributed by atoms with van der Waals surface area (Å²) in [5.74, 6) is 1.76. The van der Waals surface area contributed by atoms with E-state index in [4.69, 9.17) is 9.15 Å². The van der Waals surface area contributed by atoms with Crippen LogP contribution in [0.1, 0.15) is 0 Å². The van der Waals surface area contributed by atoms with Crippen LogP contribution in [0.3, 0.4) is 0 Å². The fourth-order valence-corrected chi connectivity index (χ4v) is 2.49. The zero-order valence-electron chi connectivity index (χ0n) is 12.4. The van der Waals surface area contributed by atoms with Crippen LogP contribution in [0, 0.1) is 0 Å². The van der Waals surface area contributed by atoms with Gasteiger partial charge in [0.05, 0.1) is 23.9 Å². The highest BCUT2D eigenvalue weighted by Gasteiger charge is 2.13. The number of para-hydroxylation sites is 4. The molecule has 0 bridgehead atoms. The lowest BCUT2D eigenvalue weighted by Gasteiger charge is -2.20. The lowest BCUT2D eigenvalue weighted by atomic mass is 10.2. The number of furan rings is 1. The van der Waals surface area contributed by atoms with Crippen molar-refractivity contribution in [2.24, 2.45) is 0 Å². The SMILES string of the molecule is c1ccc2c(c1)Nc1ccccc1O2.c1ccc2cocc2c1. The quantitative estimate of drug-likeness (QED) is 0.382. The van der Waals surface area contributed by atoms with Crippen molar-refractivity contribution in [3.05, 3.63) is 85.3 Å². The van der Waals surface area contributed by atoms with Crippen molar-refractivity contribution in [2.45, 2.75) is 0 Å². The number of hydrogen-bond acceptors (Lipinski definition) is 3. The molecule has 23 heavy (non-hydrogen) atoms. The maximum Gasteiger partial charge on any atom is 0.150 e. The van der Waals surface area contributed by atoms with Gasteiger partial charge in [-0.25, -0.2) is 0 Å². The second-order valence-corrected chi connectivity index (χ2v) is 5.22. The average Bonchev–Trinajstić information content (AvgIpc) is 3.09. The first-order valence-electron chi connectivity index (χ1n) is 7.44. The second kappa shape index (κ2) is 5.89. The maximum atomic E-state index is 5.71. The first-order valence-corrected chi connectivity index (χ1v) is 7.44. The number of ether oxygens (including phenoxy) is 1. The molecule has 0 spiro atoms. The Bertz CT molecular complexity index is 825. The van der Waals surface area contributed by atoms with Gasteiger partial charge >= 0.3 is 0 Å². The molecule has 0 radical (unpaired) electrons. The fraction of sp³-hybridized carbons (Fsp3) is 0. The third kappa shape index (κ3) is 2.77. The van der Waals surface area contributed by atoms with Gasteiger partial charge < -0.3 is 14.5 Å². The smallest absolute Gasteiger partial charge is 0.150 e. The van der Waals surface area contributed by atoms with Crippen molar-refractivity contribution in [2.75, 3.05) is 5.32 Å². The summed E-state index contributed by atoms with van der Waals surface area (Å²) in [6.07, 6.45) is 3.49. The van der Waals surface area contributed by atoms with E-state index >= 15 is 0 Å². The Balaban J connectivity index is 0.000000130. The highest BCUT2D eigenvalue weighted by Crippen LogP contribution is 2.40. The Labute approximate surface area is 134 Å². The van der Waals surface area contributed by atoms with Crippen LogP contribution in [0.2, 0.25) is 0 Å². The molecule has 3 heteroatoms. The minimum absolute atomic E-state index is 0.881. The van der Waals surface area contributed by atoms with E-state index in [-0.39, 0.29) is 0 Å². The number of anilines is 2. The number of fused-ring (bicyclic) bond motifs is 3. The van der Waals surface area contributed by atoms with Crippen molar-refractivity contribution >= 4 is 22.1 Å². The zero-order chi connectivity index (χ0) is 15.5. The van der Waals surface area contributed by atoms with E-state index in [0.717, 1.165) is 33.6 Å². The minimum Gasteiger partial charge on any atom is -0.471 e. The van der Waals surface area contributed by atoms with E-state index in [9.17, 15) is 0 Å². The monoisotopic (exact) mass is 301 g/mol.